The van der Waals surface area contributed by atoms with Crippen LogP contribution in [0.25, 0.3) is 0 Å². The highest BCUT2D eigenvalue weighted by Crippen LogP contribution is 2.38. The van der Waals surface area contributed by atoms with E-state index < -0.39 is 0 Å². The van der Waals surface area contributed by atoms with E-state index in [-0.39, 0.29) is 0 Å². The molecule has 240 valence electrons. The number of hydrogen-bond donors (Lipinski definition) is 0. The monoisotopic (exact) mass is 579 g/mol. The van der Waals surface area contributed by atoms with E-state index in [0.29, 0.717) is 17.8 Å². The fraction of sp³-hybridized carbons (Fsp3) is 0.900. The molecule has 0 aliphatic heterocycles. The van der Waals surface area contributed by atoms with Crippen LogP contribution in [0.5, 0.6) is 0 Å². The van der Waals surface area contributed by atoms with Gasteiger partial charge in [0.15, 0.2) is 0 Å². The molecule has 0 N–H and O–H groups in total. The van der Waals surface area contributed by atoms with Crippen LogP contribution in [-0.2, 0) is 0 Å². The third kappa shape index (κ3) is 13.0. The third-order valence-electron chi connectivity index (χ3n) is 11.4. The Balaban J connectivity index is 1.59. The van der Waals surface area contributed by atoms with Crippen molar-refractivity contribution in [1.82, 2.24) is 9.97 Å². The Kier molecular flexibility index (Phi) is 17.6. The maximum atomic E-state index is 5.80. The van der Waals surface area contributed by atoms with Crippen molar-refractivity contribution in [3.05, 3.63) is 23.3 Å². The second kappa shape index (κ2) is 21.7. The van der Waals surface area contributed by atoms with Crippen molar-refractivity contribution in [2.75, 3.05) is 0 Å². The summed E-state index contributed by atoms with van der Waals surface area (Å²) in [5.74, 6) is 1.91. The molecule has 0 amide bonds. The van der Waals surface area contributed by atoms with Crippen LogP contribution in [0.4, 0.5) is 0 Å². The van der Waals surface area contributed by atoms with Crippen molar-refractivity contribution in [3.63, 3.8) is 0 Å². The van der Waals surface area contributed by atoms with Crippen LogP contribution < -0.4 is 0 Å². The Morgan fingerprint density at radius 2 is 0.571 bits per heavy atom. The lowest BCUT2D eigenvalue weighted by molar-refractivity contribution is 0.430. The molecule has 1 aromatic rings. The second-order valence-corrected chi connectivity index (χ2v) is 14.9. The molecule has 1 aromatic heterocycles. The summed E-state index contributed by atoms with van der Waals surface area (Å²) < 4.78 is 0. The molecule has 3 aliphatic rings. The fourth-order valence-electron chi connectivity index (χ4n) is 8.57. The fourth-order valence-corrected chi connectivity index (χ4v) is 8.57. The summed E-state index contributed by atoms with van der Waals surface area (Å²) in [5.41, 5.74) is 4.33. The van der Waals surface area contributed by atoms with Gasteiger partial charge in [0, 0.05) is 24.0 Å². The first-order chi connectivity index (χ1) is 20.9. The molecule has 1 heterocycles. The van der Waals surface area contributed by atoms with E-state index in [2.05, 4.69) is 6.20 Å². The Bertz CT molecular complexity index is 767. The van der Waals surface area contributed by atoms with Crippen LogP contribution >= 0.6 is 0 Å². The first-order valence-corrected chi connectivity index (χ1v) is 19.8. The van der Waals surface area contributed by atoms with Crippen molar-refractivity contribution in [3.8, 4) is 0 Å². The van der Waals surface area contributed by atoms with Crippen molar-refractivity contribution in [1.29, 1.82) is 0 Å². The van der Waals surface area contributed by atoms with Gasteiger partial charge in [-0.15, -0.1) is 0 Å². The maximum absolute atomic E-state index is 5.80. The van der Waals surface area contributed by atoms with Crippen molar-refractivity contribution in [2.45, 2.75) is 230 Å². The molecular weight excluding hydrogens is 508 g/mol. The van der Waals surface area contributed by atoms with Gasteiger partial charge in [-0.05, 0) is 38.5 Å². The van der Waals surface area contributed by atoms with Crippen LogP contribution in [0.1, 0.15) is 247 Å². The van der Waals surface area contributed by atoms with Gasteiger partial charge in [0.25, 0.3) is 0 Å². The molecule has 0 unspecified atom stereocenters. The van der Waals surface area contributed by atoms with Crippen molar-refractivity contribution >= 4 is 0 Å². The van der Waals surface area contributed by atoms with Gasteiger partial charge in [-0.3, -0.25) is 9.97 Å². The first-order valence-electron chi connectivity index (χ1n) is 19.8. The van der Waals surface area contributed by atoms with E-state index >= 15 is 0 Å². The molecule has 0 saturated heterocycles. The molecule has 3 saturated carbocycles. The highest BCUT2D eigenvalue weighted by Gasteiger charge is 2.26. The molecule has 3 fully saturated rings. The predicted octanol–water partition coefficient (Wildman–Crippen LogP) is 13.6. The minimum absolute atomic E-state index is 0.632. The van der Waals surface area contributed by atoms with Crippen LogP contribution in [-0.4, -0.2) is 9.97 Å². The zero-order valence-electron chi connectivity index (χ0n) is 28.0. The normalized spacial score (nSPS) is 24.6. The molecule has 0 spiro atoms. The van der Waals surface area contributed by atoms with Gasteiger partial charge in [0.05, 0.1) is 17.1 Å². The molecule has 0 radical (unpaired) electrons. The quantitative estimate of drug-likeness (QED) is 0.356. The summed E-state index contributed by atoms with van der Waals surface area (Å²) >= 11 is 0. The summed E-state index contributed by atoms with van der Waals surface area (Å²) in [6.45, 7) is 0. The van der Waals surface area contributed by atoms with Crippen molar-refractivity contribution in [2.24, 2.45) is 0 Å². The van der Waals surface area contributed by atoms with Gasteiger partial charge in [0.2, 0.25) is 0 Å². The number of nitrogens with zero attached hydrogens (tertiary/aromatic N) is 2. The topological polar surface area (TPSA) is 25.8 Å². The summed E-state index contributed by atoms with van der Waals surface area (Å²) in [7, 11) is 0. The molecule has 0 bridgehead atoms. The van der Waals surface area contributed by atoms with E-state index in [9.17, 15) is 0 Å². The molecule has 3 aliphatic carbocycles. The smallest absolute Gasteiger partial charge is 0.0655 e. The summed E-state index contributed by atoms with van der Waals surface area (Å²) in [6.07, 6.45) is 48.9. The van der Waals surface area contributed by atoms with E-state index in [4.69, 9.17) is 9.97 Å². The Morgan fingerprint density at radius 3 is 0.905 bits per heavy atom. The summed E-state index contributed by atoms with van der Waals surface area (Å²) in [5, 5.41) is 0. The standard InChI is InChI=1S/C40H70N2/c1-4-10-16-22-28-35(29-23-17-11-5-1)38-34-41-39(36-30-24-18-12-6-2-7-13-19-25-31-36)40(42-38)37-32-26-20-14-8-3-9-15-21-27-33-37/h34-37H,1-33H2. The zero-order chi connectivity index (χ0) is 28.9. The van der Waals surface area contributed by atoms with Crippen LogP contribution in [0, 0.1) is 0 Å². The largest absolute Gasteiger partial charge is 0.257 e. The third-order valence-corrected chi connectivity index (χ3v) is 11.4. The lowest BCUT2D eigenvalue weighted by Gasteiger charge is -2.27. The summed E-state index contributed by atoms with van der Waals surface area (Å²) in [4.78, 5) is 11.3. The van der Waals surface area contributed by atoms with Crippen LogP contribution in [0.3, 0.4) is 0 Å². The molecule has 0 aromatic carbocycles. The SMILES string of the molecule is c1nc(C2CCCCCCCCCCC2)c(C2CCCCCCCCCCC2)nc1C1CCCCCCCCCCC1. The highest BCUT2D eigenvalue weighted by atomic mass is 14.8. The Hall–Kier alpha value is -0.920. The van der Waals surface area contributed by atoms with Gasteiger partial charge in [-0.2, -0.15) is 0 Å². The van der Waals surface area contributed by atoms with Gasteiger partial charge in [-0.1, -0.05) is 173 Å². The molecule has 4 rings (SSSR count). The minimum Gasteiger partial charge on any atom is -0.257 e. The van der Waals surface area contributed by atoms with E-state index in [1.807, 2.05) is 0 Å². The molecule has 0 atom stereocenters. The lowest BCUT2D eigenvalue weighted by atomic mass is 9.83. The predicted molar refractivity (Wildman–Crippen MR) is 183 cm³/mol. The second-order valence-electron chi connectivity index (χ2n) is 14.9. The van der Waals surface area contributed by atoms with E-state index in [1.165, 1.54) is 229 Å². The van der Waals surface area contributed by atoms with E-state index in [0.717, 1.165) is 0 Å². The number of aromatic nitrogens is 2. The number of hydrogen-bond acceptors (Lipinski definition) is 2. The van der Waals surface area contributed by atoms with Crippen LogP contribution in [0.2, 0.25) is 0 Å². The van der Waals surface area contributed by atoms with Gasteiger partial charge < -0.3 is 0 Å². The zero-order valence-corrected chi connectivity index (χ0v) is 28.0. The van der Waals surface area contributed by atoms with Crippen molar-refractivity contribution < 1.29 is 0 Å². The molecular formula is C40H70N2. The van der Waals surface area contributed by atoms with E-state index in [1.54, 1.807) is 0 Å². The van der Waals surface area contributed by atoms with Gasteiger partial charge >= 0.3 is 0 Å². The highest BCUT2D eigenvalue weighted by molar-refractivity contribution is 5.24. The number of rotatable bonds is 3. The van der Waals surface area contributed by atoms with Crippen LogP contribution in [0.15, 0.2) is 6.20 Å². The van der Waals surface area contributed by atoms with Gasteiger partial charge in [-0.25, -0.2) is 0 Å². The molecule has 42 heavy (non-hydrogen) atoms. The average Bonchev–Trinajstić information content (AvgIpc) is 2.98. The average molecular weight is 579 g/mol. The first kappa shape index (κ1) is 34.0. The molecule has 2 heteroatoms. The lowest BCUT2D eigenvalue weighted by Crippen LogP contribution is -2.16. The minimum atomic E-state index is 0.632. The summed E-state index contributed by atoms with van der Waals surface area (Å²) in [6, 6.07) is 0. The van der Waals surface area contributed by atoms with Gasteiger partial charge in [0.1, 0.15) is 0 Å². The Morgan fingerprint density at radius 1 is 0.310 bits per heavy atom. The maximum Gasteiger partial charge on any atom is 0.0655 e. The molecule has 2 nitrogen and oxygen atoms in total. The Labute approximate surface area is 262 Å².